The first-order chi connectivity index (χ1) is 14.1. The highest BCUT2D eigenvalue weighted by Crippen LogP contribution is 2.38. The number of hydrogen-bond donors (Lipinski definition) is 1. The van der Waals surface area contributed by atoms with E-state index in [4.69, 9.17) is 26.5 Å². The van der Waals surface area contributed by atoms with Gasteiger partial charge in [0, 0.05) is 10.9 Å². The van der Waals surface area contributed by atoms with E-state index in [0.29, 0.717) is 18.0 Å². The zero-order valence-corrected chi connectivity index (χ0v) is 19.4. The van der Waals surface area contributed by atoms with E-state index in [-0.39, 0.29) is 17.9 Å². The monoisotopic (exact) mass is 450 g/mol. The third kappa shape index (κ3) is 5.11. The van der Waals surface area contributed by atoms with Crippen molar-refractivity contribution in [1.29, 1.82) is 0 Å². The van der Waals surface area contributed by atoms with Crippen molar-refractivity contribution >= 4 is 45.1 Å². The fourth-order valence-corrected chi connectivity index (χ4v) is 4.77. The van der Waals surface area contributed by atoms with Gasteiger partial charge in [-0.15, -0.1) is 11.3 Å². The molecule has 0 fully saturated rings. The Morgan fingerprint density at radius 1 is 1.40 bits per heavy atom. The molecule has 1 atom stereocenters. The van der Waals surface area contributed by atoms with E-state index in [9.17, 15) is 4.79 Å². The third-order valence-electron chi connectivity index (χ3n) is 4.29. The largest absolute Gasteiger partial charge is 0.467 e. The van der Waals surface area contributed by atoms with Gasteiger partial charge in [0.15, 0.2) is 5.82 Å². The van der Waals surface area contributed by atoms with E-state index in [1.165, 1.54) is 4.90 Å². The van der Waals surface area contributed by atoms with Crippen LogP contribution in [0.2, 0.25) is 5.28 Å². The van der Waals surface area contributed by atoms with Crippen LogP contribution >= 0.6 is 22.9 Å². The smallest absolute Gasteiger partial charge is 0.416 e. The van der Waals surface area contributed by atoms with Gasteiger partial charge in [0.2, 0.25) is 5.28 Å². The predicted octanol–water partition coefficient (Wildman–Crippen LogP) is 5.33. The van der Waals surface area contributed by atoms with Crippen LogP contribution in [0.15, 0.2) is 22.8 Å². The van der Waals surface area contributed by atoms with Gasteiger partial charge in [-0.05, 0) is 69.8 Å². The van der Waals surface area contributed by atoms with Gasteiger partial charge >= 0.3 is 6.09 Å². The van der Waals surface area contributed by atoms with Crippen molar-refractivity contribution in [2.45, 2.75) is 65.6 Å². The van der Waals surface area contributed by atoms with Crippen molar-refractivity contribution in [3.8, 4) is 0 Å². The number of hydrogen-bond acceptors (Lipinski definition) is 7. The van der Waals surface area contributed by atoms with E-state index < -0.39 is 11.7 Å². The number of carbonyl (C=O) groups is 1. The molecule has 0 bridgehead atoms. The zero-order valence-electron chi connectivity index (χ0n) is 17.9. The van der Waals surface area contributed by atoms with Crippen LogP contribution in [0.1, 0.15) is 50.8 Å². The van der Waals surface area contributed by atoms with E-state index >= 15 is 0 Å². The van der Waals surface area contributed by atoms with Crippen molar-refractivity contribution in [1.82, 2.24) is 9.97 Å². The molecule has 30 heavy (non-hydrogen) atoms. The number of rotatable bonds is 6. The van der Waals surface area contributed by atoms with Gasteiger partial charge in [-0.2, -0.15) is 4.98 Å². The van der Waals surface area contributed by atoms with Gasteiger partial charge in [0.25, 0.3) is 0 Å². The second kappa shape index (κ2) is 8.91. The summed E-state index contributed by atoms with van der Waals surface area (Å²) in [5, 5.41) is 0.0744. The van der Waals surface area contributed by atoms with Gasteiger partial charge in [0.05, 0.1) is 23.0 Å². The Labute approximate surface area is 185 Å². The maximum Gasteiger partial charge on any atom is 0.416 e. The highest BCUT2D eigenvalue weighted by molar-refractivity contribution is 7.19. The number of carbonyl (C=O) groups excluding carboxylic acids is 1. The molecule has 162 valence electrons. The van der Waals surface area contributed by atoms with Gasteiger partial charge in [-0.3, -0.25) is 4.90 Å². The number of ether oxygens (including phenoxy) is 1. The fraction of sp³-hybridized carbons (Fsp3) is 0.476. The fourth-order valence-electron chi connectivity index (χ4n) is 3.13. The SMILES string of the molecule is CCc1c(C[C@H](C)N)sc2c(N(Cc3ccco3)C(=O)OC(C)(C)C)nc(Cl)nc12. The lowest BCUT2D eigenvalue weighted by molar-refractivity contribution is 0.0574. The molecule has 3 aromatic rings. The van der Waals surface area contributed by atoms with Crippen molar-refractivity contribution < 1.29 is 13.9 Å². The number of furan rings is 1. The molecule has 0 aliphatic heterocycles. The minimum Gasteiger partial charge on any atom is -0.467 e. The quantitative estimate of drug-likeness (QED) is 0.510. The lowest BCUT2D eigenvalue weighted by atomic mass is 10.1. The first kappa shape index (κ1) is 22.5. The molecular weight excluding hydrogens is 424 g/mol. The van der Waals surface area contributed by atoms with E-state index in [1.54, 1.807) is 29.7 Å². The zero-order chi connectivity index (χ0) is 22.1. The van der Waals surface area contributed by atoms with Gasteiger partial charge in [-0.25, -0.2) is 9.78 Å². The Hall–Kier alpha value is -2.16. The second-order valence-electron chi connectivity index (χ2n) is 8.18. The lowest BCUT2D eigenvalue weighted by Crippen LogP contribution is -2.37. The Bertz CT molecular complexity index is 1030. The summed E-state index contributed by atoms with van der Waals surface area (Å²) >= 11 is 7.83. The summed E-state index contributed by atoms with van der Waals surface area (Å²) in [4.78, 5) is 24.6. The molecule has 2 N–H and O–H groups in total. The standard InChI is InChI=1S/C21H27ClN4O3S/c1-6-14-15(10-12(2)23)30-17-16(14)24-19(22)25-18(17)26(11-13-8-7-9-28-13)20(27)29-21(3,4)5/h7-9,12H,6,10-11,23H2,1-5H3/t12-/m0/s1. The number of thiophene rings is 1. The van der Waals surface area contributed by atoms with Crippen LogP contribution < -0.4 is 10.6 Å². The minimum absolute atomic E-state index is 0.000297. The Morgan fingerprint density at radius 2 is 2.13 bits per heavy atom. The number of anilines is 1. The maximum absolute atomic E-state index is 13.1. The maximum atomic E-state index is 13.1. The molecule has 0 saturated heterocycles. The molecule has 7 nitrogen and oxygen atoms in total. The van der Waals surface area contributed by atoms with Crippen LogP contribution in [0.25, 0.3) is 10.2 Å². The molecule has 0 saturated carbocycles. The summed E-state index contributed by atoms with van der Waals surface area (Å²) in [5.74, 6) is 1.01. The molecule has 3 aromatic heterocycles. The molecule has 0 radical (unpaired) electrons. The summed E-state index contributed by atoms with van der Waals surface area (Å²) in [6.45, 7) is 9.65. The summed E-state index contributed by atoms with van der Waals surface area (Å²) in [6.07, 6.45) is 2.52. The van der Waals surface area contributed by atoms with Crippen molar-refractivity contribution in [3.05, 3.63) is 39.9 Å². The van der Waals surface area contributed by atoms with E-state index in [0.717, 1.165) is 27.1 Å². The third-order valence-corrected chi connectivity index (χ3v) is 5.70. The van der Waals surface area contributed by atoms with Crippen LogP contribution in [0, 0.1) is 0 Å². The summed E-state index contributed by atoms with van der Waals surface area (Å²) < 4.78 is 11.9. The first-order valence-corrected chi connectivity index (χ1v) is 11.0. The summed E-state index contributed by atoms with van der Waals surface area (Å²) in [6, 6.07) is 3.57. The number of aromatic nitrogens is 2. The van der Waals surface area contributed by atoms with Gasteiger partial charge in [-0.1, -0.05) is 6.92 Å². The van der Waals surface area contributed by atoms with Gasteiger partial charge in [0.1, 0.15) is 11.4 Å². The summed E-state index contributed by atoms with van der Waals surface area (Å²) in [7, 11) is 0. The lowest BCUT2D eigenvalue weighted by Gasteiger charge is -2.26. The Balaban J connectivity index is 2.17. The number of nitrogens with zero attached hydrogens (tertiary/aromatic N) is 3. The topological polar surface area (TPSA) is 94.5 Å². The van der Waals surface area contributed by atoms with E-state index in [1.807, 2.05) is 27.7 Å². The number of halogens is 1. The highest BCUT2D eigenvalue weighted by Gasteiger charge is 2.29. The molecule has 1 amide bonds. The van der Waals surface area contributed by atoms with Crippen molar-refractivity contribution in [2.75, 3.05) is 4.90 Å². The van der Waals surface area contributed by atoms with Crippen LogP contribution in [-0.4, -0.2) is 27.7 Å². The predicted molar refractivity (Wildman–Crippen MR) is 120 cm³/mol. The number of fused-ring (bicyclic) bond motifs is 1. The first-order valence-electron chi connectivity index (χ1n) is 9.85. The average Bonchev–Trinajstić information content (AvgIpc) is 3.24. The molecule has 0 aromatic carbocycles. The molecule has 0 aliphatic rings. The number of aryl methyl sites for hydroxylation is 1. The highest BCUT2D eigenvalue weighted by atomic mass is 35.5. The van der Waals surface area contributed by atoms with E-state index in [2.05, 4.69) is 16.9 Å². The van der Waals surface area contributed by atoms with Crippen LogP contribution in [-0.2, 0) is 24.1 Å². The van der Waals surface area contributed by atoms with Crippen molar-refractivity contribution in [2.24, 2.45) is 5.73 Å². The Morgan fingerprint density at radius 3 is 2.70 bits per heavy atom. The summed E-state index contributed by atoms with van der Waals surface area (Å²) in [5.41, 5.74) is 7.22. The van der Waals surface area contributed by atoms with Gasteiger partial charge < -0.3 is 14.9 Å². The average molecular weight is 451 g/mol. The Kier molecular flexibility index (Phi) is 6.69. The molecule has 0 unspecified atom stereocenters. The second-order valence-corrected chi connectivity index (χ2v) is 9.62. The molecular formula is C21H27ClN4O3S. The number of nitrogens with two attached hydrogens (primary N) is 1. The van der Waals surface area contributed by atoms with Crippen LogP contribution in [0.4, 0.5) is 10.6 Å². The normalized spacial score (nSPS) is 12.9. The molecule has 3 rings (SSSR count). The molecule has 3 heterocycles. The minimum atomic E-state index is -0.668. The number of amides is 1. The molecule has 0 aliphatic carbocycles. The van der Waals surface area contributed by atoms with Crippen LogP contribution in [0.3, 0.4) is 0 Å². The van der Waals surface area contributed by atoms with Crippen LogP contribution in [0.5, 0.6) is 0 Å². The van der Waals surface area contributed by atoms with Crippen molar-refractivity contribution in [3.63, 3.8) is 0 Å². The molecule has 0 spiro atoms. The molecule has 9 heteroatoms.